The molecule has 0 saturated carbocycles. The van der Waals surface area contributed by atoms with Crippen molar-refractivity contribution in [1.82, 2.24) is 19.7 Å². The van der Waals surface area contributed by atoms with E-state index in [2.05, 4.69) is 25.7 Å². The van der Waals surface area contributed by atoms with Gasteiger partial charge in [-0.25, -0.2) is 0 Å². The summed E-state index contributed by atoms with van der Waals surface area (Å²) < 4.78 is 13.4. The van der Waals surface area contributed by atoms with E-state index in [0.29, 0.717) is 18.2 Å². The lowest BCUT2D eigenvalue weighted by molar-refractivity contribution is 0.0856. The van der Waals surface area contributed by atoms with Crippen LogP contribution in [0.1, 0.15) is 15.9 Å². The molecule has 0 aliphatic carbocycles. The topological polar surface area (TPSA) is 72.4 Å². The second-order valence-electron chi connectivity index (χ2n) is 8.91. The number of ether oxygens (including phenoxy) is 2. The summed E-state index contributed by atoms with van der Waals surface area (Å²) in [7, 11) is 5.72. The zero-order valence-electron chi connectivity index (χ0n) is 20.3. The van der Waals surface area contributed by atoms with Crippen LogP contribution in [0.3, 0.4) is 0 Å². The van der Waals surface area contributed by atoms with Gasteiger partial charge in [0.2, 0.25) is 0 Å². The van der Waals surface area contributed by atoms with E-state index in [4.69, 9.17) is 21.1 Å². The molecule has 7 nitrogen and oxygen atoms in total. The quantitative estimate of drug-likeness (QED) is 0.257. The molecule has 0 amide bonds. The summed E-state index contributed by atoms with van der Waals surface area (Å²) in [6.07, 6.45) is 4.39. The Hall–Kier alpha value is -2.33. The number of carbonyl (C=O) groups excluding carboxylic acids is 1. The van der Waals surface area contributed by atoms with Gasteiger partial charge in [-0.3, -0.25) is 9.89 Å². The number of rotatable bonds is 7. The van der Waals surface area contributed by atoms with Crippen molar-refractivity contribution in [2.24, 2.45) is 5.92 Å². The van der Waals surface area contributed by atoms with Crippen molar-refractivity contribution in [2.45, 2.75) is 13.0 Å². The van der Waals surface area contributed by atoms with Gasteiger partial charge in [-0.05, 0) is 55.9 Å². The van der Waals surface area contributed by atoms with Gasteiger partial charge in [-0.1, -0.05) is 23.7 Å². The van der Waals surface area contributed by atoms with Crippen molar-refractivity contribution in [3.05, 3.63) is 65.1 Å². The van der Waals surface area contributed by atoms with Crippen LogP contribution in [0.25, 0.3) is 22.0 Å². The highest BCUT2D eigenvalue weighted by atomic mass is 79.9. The van der Waals surface area contributed by atoms with Crippen LogP contribution in [0.15, 0.2) is 48.8 Å². The molecule has 1 aliphatic heterocycles. The second kappa shape index (κ2) is 11.8. The molecule has 1 N–H and O–H groups in total. The number of nitrogens with one attached hydrogen (secondary N) is 1. The number of Topliss-reactive ketones (excluding diaryl/α,β-unsaturated/α-hetero) is 1. The molecule has 3 heterocycles. The first-order chi connectivity index (χ1) is 16.4. The molecular weight excluding hydrogens is 612 g/mol. The molecule has 0 saturated heterocycles. The maximum atomic E-state index is 13.7. The summed E-state index contributed by atoms with van der Waals surface area (Å²) in [6.45, 7) is 1.99. The minimum atomic E-state index is -0.254. The third kappa shape index (κ3) is 5.49. The molecule has 0 radical (unpaired) electrons. The number of likely N-dealkylation sites (N-methyl/N-ethyl adjacent to an activating group) is 1. The molecule has 0 unspecified atom stereocenters. The Bertz CT molecular complexity index is 1370. The number of ketones is 1. The third-order valence-electron chi connectivity index (χ3n) is 6.39. The fraction of sp³-hybridized carbons (Fsp3) is 0.308. The molecule has 10 heteroatoms. The lowest BCUT2D eigenvalue weighted by Crippen LogP contribution is -2.28. The SMILES string of the molecule is Br.Br.COc1ccc2c(c1)C[C@H](C(=O)c1cn(CCN(C)C)c3cc(-c4c[nH]nc4Cl)ccc13)CO2. The van der Waals surface area contributed by atoms with Crippen LogP contribution in [0.5, 0.6) is 11.5 Å². The first kappa shape index (κ1) is 28.2. The van der Waals surface area contributed by atoms with Crippen LogP contribution in [0.2, 0.25) is 5.15 Å². The predicted octanol–water partition coefficient (Wildman–Crippen LogP) is 5.84. The van der Waals surface area contributed by atoms with Crippen LogP contribution >= 0.6 is 45.6 Å². The average molecular weight is 641 g/mol. The van der Waals surface area contributed by atoms with Gasteiger partial charge >= 0.3 is 0 Å². The molecule has 0 fully saturated rings. The van der Waals surface area contributed by atoms with Gasteiger partial charge in [0, 0.05) is 47.5 Å². The first-order valence-corrected chi connectivity index (χ1v) is 11.6. The molecule has 5 rings (SSSR count). The van der Waals surface area contributed by atoms with Crippen LogP contribution in [0, 0.1) is 5.92 Å². The first-order valence-electron chi connectivity index (χ1n) is 11.3. The van der Waals surface area contributed by atoms with E-state index >= 15 is 0 Å². The Labute approximate surface area is 236 Å². The van der Waals surface area contributed by atoms with Crippen LogP contribution in [-0.4, -0.2) is 59.8 Å². The molecule has 36 heavy (non-hydrogen) atoms. The number of methoxy groups -OCH3 is 1. The molecule has 4 aromatic rings. The van der Waals surface area contributed by atoms with E-state index < -0.39 is 0 Å². The lowest BCUT2D eigenvalue weighted by atomic mass is 9.89. The maximum absolute atomic E-state index is 13.7. The zero-order valence-corrected chi connectivity index (χ0v) is 24.5. The van der Waals surface area contributed by atoms with Gasteiger partial charge in [0.15, 0.2) is 10.9 Å². The van der Waals surface area contributed by atoms with E-state index in [0.717, 1.165) is 57.7 Å². The Kier molecular flexibility index (Phi) is 9.27. The molecule has 1 aliphatic rings. The number of aromatic nitrogens is 3. The number of nitrogens with zero attached hydrogens (tertiary/aromatic N) is 3. The smallest absolute Gasteiger partial charge is 0.171 e. The monoisotopic (exact) mass is 638 g/mol. The van der Waals surface area contributed by atoms with Crippen molar-refractivity contribution < 1.29 is 14.3 Å². The number of hydrogen-bond acceptors (Lipinski definition) is 5. The molecule has 192 valence electrons. The molecule has 2 aromatic carbocycles. The number of aromatic amines is 1. The largest absolute Gasteiger partial charge is 0.497 e. The number of hydrogen-bond donors (Lipinski definition) is 1. The van der Waals surface area contributed by atoms with Crippen molar-refractivity contribution in [3.8, 4) is 22.6 Å². The van der Waals surface area contributed by atoms with Gasteiger partial charge in [0.25, 0.3) is 0 Å². The fourth-order valence-corrected chi connectivity index (χ4v) is 4.72. The van der Waals surface area contributed by atoms with E-state index in [9.17, 15) is 4.79 Å². The fourth-order valence-electron chi connectivity index (χ4n) is 4.51. The third-order valence-corrected chi connectivity index (χ3v) is 6.67. The summed E-state index contributed by atoms with van der Waals surface area (Å²) in [5, 5.41) is 8.20. The standard InChI is InChI=1S/C26H27ClN4O3.2BrH/c1-30(2)8-9-31-14-22(20-6-4-16(12-23(20)31)21-13-28-29-26(21)27)25(32)18-10-17-11-19(33-3)5-7-24(17)34-15-18;;/h4-7,11-14,18H,8-10,15H2,1-3H3,(H,28,29);2*1H/t18-;;/m0../s1. The van der Waals surface area contributed by atoms with Crippen LogP contribution in [0.4, 0.5) is 0 Å². The van der Waals surface area contributed by atoms with Crippen LogP contribution < -0.4 is 9.47 Å². The van der Waals surface area contributed by atoms with Gasteiger partial charge in [0.1, 0.15) is 11.5 Å². The van der Waals surface area contributed by atoms with Crippen molar-refractivity contribution in [3.63, 3.8) is 0 Å². The van der Waals surface area contributed by atoms with Crippen molar-refractivity contribution in [1.29, 1.82) is 0 Å². The average Bonchev–Trinajstić information content (AvgIpc) is 3.44. The van der Waals surface area contributed by atoms with Crippen LogP contribution in [-0.2, 0) is 13.0 Å². The highest BCUT2D eigenvalue weighted by molar-refractivity contribution is 8.93. The highest BCUT2D eigenvalue weighted by Gasteiger charge is 2.29. The van der Waals surface area contributed by atoms with Crippen molar-refractivity contribution >= 4 is 62.3 Å². The summed E-state index contributed by atoms with van der Waals surface area (Å²) in [6, 6.07) is 11.8. The number of H-pyrrole nitrogens is 1. The zero-order chi connectivity index (χ0) is 23.8. The molecule has 0 bridgehead atoms. The minimum absolute atomic E-state index is 0. The summed E-state index contributed by atoms with van der Waals surface area (Å²) >= 11 is 6.26. The number of carbonyl (C=O) groups is 1. The van der Waals surface area contributed by atoms with Crippen molar-refractivity contribution in [2.75, 3.05) is 34.4 Å². The number of benzene rings is 2. The minimum Gasteiger partial charge on any atom is -0.497 e. The van der Waals surface area contributed by atoms with E-state index in [1.807, 2.05) is 50.6 Å². The molecular formula is C26H29Br2ClN4O3. The summed E-state index contributed by atoms with van der Waals surface area (Å²) in [5.41, 5.74) is 4.51. The molecule has 1 atom stereocenters. The highest BCUT2D eigenvalue weighted by Crippen LogP contribution is 2.35. The lowest BCUT2D eigenvalue weighted by Gasteiger charge is -2.24. The Morgan fingerprint density at radius 3 is 2.75 bits per heavy atom. The van der Waals surface area contributed by atoms with Gasteiger partial charge in [-0.15, -0.1) is 34.0 Å². The molecule has 2 aromatic heterocycles. The molecule has 0 spiro atoms. The Morgan fingerprint density at radius 2 is 2.06 bits per heavy atom. The van der Waals surface area contributed by atoms with E-state index in [-0.39, 0.29) is 45.7 Å². The predicted molar refractivity (Wildman–Crippen MR) is 154 cm³/mol. The van der Waals surface area contributed by atoms with Gasteiger partial charge < -0.3 is 18.9 Å². The maximum Gasteiger partial charge on any atom is 0.171 e. The Morgan fingerprint density at radius 1 is 1.25 bits per heavy atom. The second-order valence-corrected chi connectivity index (χ2v) is 9.27. The van der Waals surface area contributed by atoms with Gasteiger partial charge in [-0.2, -0.15) is 5.10 Å². The normalized spacial score (nSPS) is 14.5. The van der Waals surface area contributed by atoms with E-state index in [1.54, 1.807) is 13.3 Å². The summed E-state index contributed by atoms with van der Waals surface area (Å²) in [5.74, 6) is 1.42. The van der Waals surface area contributed by atoms with Gasteiger partial charge in [0.05, 0.1) is 19.6 Å². The summed E-state index contributed by atoms with van der Waals surface area (Å²) in [4.78, 5) is 15.9. The van der Waals surface area contributed by atoms with E-state index in [1.165, 1.54) is 0 Å². The Balaban J connectivity index is 0.00000180. The number of halogens is 3. The number of fused-ring (bicyclic) bond motifs is 2.